The van der Waals surface area contributed by atoms with Crippen LogP contribution in [0.2, 0.25) is 0 Å². The number of nitrogens with zero attached hydrogens (tertiary/aromatic N) is 2. The largest absolute Gasteiger partial charge is 0.399 e. The molecule has 2 rings (SSSR count). The fourth-order valence-corrected chi connectivity index (χ4v) is 3.12. The van der Waals surface area contributed by atoms with Gasteiger partial charge >= 0.3 is 0 Å². The Labute approximate surface area is 118 Å². The first-order valence-electron chi connectivity index (χ1n) is 6.21. The van der Waals surface area contributed by atoms with E-state index < -0.39 is 10.0 Å². The summed E-state index contributed by atoms with van der Waals surface area (Å²) in [4.78, 5) is 0.196. The number of aryl methyl sites for hydroxylation is 2. The van der Waals surface area contributed by atoms with Crippen molar-refractivity contribution in [3.8, 4) is 0 Å². The third kappa shape index (κ3) is 3.58. The van der Waals surface area contributed by atoms with Crippen LogP contribution in [0.4, 0.5) is 5.69 Å². The van der Waals surface area contributed by atoms with Crippen LogP contribution in [0.5, 0.6) is 0 Å². The van der Waals surface area contributed by atoms with Gasteiger partial charge in [-0.3, -0.25) is 4.68 Å². The molecule has 6 nitrogen and oxygen atoms in total. The maximum Gasteiger partial charge on any atom is 0.240 e. The van der Waals surface area contributed by atoms with Crippen LogP contribution in [0.1, 0.15) is 11.1 Å². The normalized spacial score (nSPS) is 11.7. The minimum atomic E-state index is -3.53. The molecular formula is C13H18N4O2S. The summed E-state index contributed by atoms with van der Waals surface area (Å²) in [6, 6.07) is 4.79. The van der Waals surface area contributed by atoms with Crippen molar-refractivity contribution < 1.29 is 8.42 Å². The Bertz CT molecular complexity index is 687. The Morgan fingerprint density at radius 2 is 2.10 bits per heavy atom. The monoisotopic (exact) mass is 294 g/mol. The van der Waals surface area contributed by atoms with Crippen molar-refractivity contribution in [1.82, 2.24) is 14.5 Å². The molecule has 1 aromatic heterocycles. The predicted octanol–water partition coefficient (Wildman–Crippen LogP) is 0.832. The van der Waals surface area contributed by atoms with Gasteiger partial charge in [-0.25, -0.2) is 13.1 Å². The average Bonchev–Trinajstić information content (AvgIpc) is 2.73. The van der Waals surface area contributed by atoms with Crippen LogP contribution in [0, 0.1) is 6.92 Å². The third-order valence-electron chi connectivity index (χ3n) is 2.85. The number of nitrogens with one attached hydrogen (secondary N) is 1. The number of nitrogen functional groups attached to an aromatic ring is 1. The summed E-state index contributed by atoms with van der Waals surface area (Å²) < 4.78 is 28.5. The van der Waals surface area contributed by atoms with Gasteiger partial charge in [0.1, 0.15) is 0 Å². The average molecular weight is 294 g/mol. The van der Waals surface area contributed by atoms with Gasteiger partial charge in [0, 0.05) is 25.5 Å². The molecule has 108 valence electrons. The molecule has 0 unspecified atom stereocenters. The number of hydrogen-bond donors (Lipinski definition) is 2. The lowest BCUT2D eigenvalue weighted by Crippen LogP contribution is -2.26. The van der Waals surface area contributed by atoms with Gasteiger partial charge in [0.2, 0.25) is 10.0 Å². The Balaban J connectivity index is 2.03. The molecule has 1 aromatic carbocycles. The Morgan fingerprint density at radius 1 is 1.35 bits per heavy atom. The summed E-state index contributed by atoms with van der Waals surface area (Å²) in [6.07, 6.45) is 4.17. The summed E-state index contributed by atoms with van der Waals surface area (Å²) in [6.45, 7) is 2.13. The van der Waals surface area contributed by atoms with Gasteiger partial charge in [-0.05, 0) is 42.7 Å². The van der Waals surface area contributed by atoms with Gasteiger partial charge in [-0.1, -0.05) is 0 Å². The number of aromatic nitrogens is 2. The number of nitrogens with two attached hydrogens (primary N) is 1. The lowest BCUT2D eigenvalue weighted by Gasteiger charge is -2.08. The number of rotatable bonds is 5. The van der Waals surface area contributed by atoms with Gasteiger partial charge < -0.3 is 5.73 Å². The summed E-state index contributed by atoms with van der Waals surface area (Å²) in [7, 11) is -1.70. The second kappa shape index (κ2) is 5.64. The van der Waals surface area contributed by atoms with Gasteiger partial charge in [-0.15, -0.1) is 0 Å². The van der Waals surface area contributed by atoms with Crippen molar-refractivity contribution in [3.63, 3.8) is 0 Å². The first-order chi connectivity index (χ1) is 9.37. The van der Waals surface area contributed by atoms with Crippen LogP contribution in [-0.4, -0.2) is 24.7 Å². The van der Waals surface area contributed by atoms with Crippen molar-refractivity contribution in [2.45, 2.75) is 18.2 Å². The first-order valence-corrected chi connectivity index (χ1v) is 7.69. The lowest BCUT2D eigenvalue weighted by molar-refractivity contribution is 0.581. The molecule has 1 heterocycles. The highest BCUT2D eigenvalue weighted by atomic mass is 32.2. The fraction of sp³-hybridized carbons (Fsp3) is 0.308. The molecule has 0 radical (unpaired) electrons. The quantitative estimate of drug-likeness (QED) is 0.799. The topological polar surface area (TPSA) is 90.0 Å². The fourth-order valence-electron chi connectivity index (χ4n) is 1.95. The Kier molecular flexibility index (Phi) is 4.10. The number of anilines is 1. The lowest BCUT2D eigenvalue weighted by atomic mass is 10.2. The van der Waals surface area contributed by atoms with E-state index in [-0.39, 0.29) is 4.90 Å². The van der Waals surface area contributed by atoms with Gasteiger partial charge in [0.05, 0.1) is 11.1 Å². The zero-order valence-corrected chi connectivity index (χ0v) is 12.3. The van der Waals surface area contributed by atoms with E-state index >= 15 is 0 Å². The van der Waals surface area contributed by atoms with Gasteiger partial charge in [0.15, 0.2) is 0 Å². The van der Waals surface area contributed by atoms with Crippen LogP contribution in [0.25, 0.3) is 0 Å². The molecule has 0 aliphatic rings. The number of sulfonamides is 1. The molecule has 0 bridgehead atoms. The number of benzene rings is 1. The highest BCUT2D eigenvalue weighted by Crippen LogP contribution is 2.16. The van der Waals surface area contributed by atoms with Gasteiger partial charge in [-0.2, -0.15) is 5.10 Å². The number of hydrogen-bond acceptors (Lipinski definition) is 4. The standard InChI is InChI=1S/C13H18N4O2S/c1-10-5-12(14)7-13(6-10)20(18,19)16-4-3-11-8-15-17(2)9-11/h5-9,16H,3-4,14H2,1-2H3. The molecule has 0 aliphatic carbocycles. The van der Waals surface area contributed by atoms with Crippen molar-refractivity contribution in [3.05, 3.63) is 41.7 Å². The summed E-state index contributed by atoms with van der Waals surface area (Å²) in [5, 5.41) is 4.04. The maximum absolute atomic E-state index is 12.1. The molecule has 2 aromatic rings. The van der Waals surface area contributed by atoms with Crippen molar-refractivity contribution in [2.24, 2.45) is 7.05 Å². The zero-order valence-electron chi connectivity index (χ0n) is 11.5. The summed E-state index contributed by atoms with van der Waals surface area (Å²) in [5.41, 5.74) is 7.92. The zero-order chi connectivity index (χ0) is 14.8. The van der Waals surface area contributed by atoms with E-state index in [2.05, 4.69) is 9.82 Å². The maximum atomic E-state index is 12.1. The van der Waals surface area contributed by atoms with E-state index in [1.807, 2.05) is 20.2 Å². The molecule has 0 saturated heterocycles. The first kappa shape index (κ1) is 14.5. The molecule has 0 aliphatic heterocycles. The van der Waals surface area contributed by atoms with Crippen molar-refractivity contribution in [2.75, 3.05) is 12.3 Å². The van der Waals surface area contributed by atoms with Crippen LogP contribution >= 0.6 is 0 Å². The summed E-state index contributed by atoms with van der Waals surface area (Å²) in [5.74, 6) is 0. The van der Waals surface area contributed by atoms with E-state index in [1.165, 1.54) is 6.07 Å². The van der Waals surface area contributed by atoms with Crippen LogP contribution in [0.3, 0.4) is 0 Å². The summed E-state index contributed by atoms with van der Waals surface area (Å²) >= 11 is 0. The minimum absolute atomic E-state index is 0.196. The second-order valence-electron chi connectivity index (χ2n) is 4.75. The Hall–Kier alpha value is -1.86. The van der Waals surface area contributed by atoms with E-state index in [4.69, 9.17) is 5.73 Å². The predicted molar refractivity (Wildman–Crippen MR) is 77.7 cm³/mol. The van der Waals surface area contributed by atoms with Gasteiger partial charge in [0.25, 0.3) is 0 Å². The van der Waals surface area contributed by atoms with E-state index in [0.29, 0.717) is 18.7 Å². The van der Waals surface area contributed by atoms with Crippen molar-refractivity contribution in [1.29, 1.82) is 0 Å². The molecule has 0 spiro atoms. The molecule has 0 saturated carbocycles. The molecule has 0 amide bonds. The van der Waals surface area contributed by atoms with E-state index in [9.17, 15) is 8.42 Å². The van der Waals surface area contributed by atoms with Crippen molar-refractivity contribution >= 4 is 15.7 Å². The molecule has 3 N–H and O–H groups in total. The van der Waals surface area contributed by atoms with Crippen LogP contribution in [-0.2, 0) is 23.5 Å². The third-order valence-corrected chi connectivity index (χ3v) is 4.29. The van der Waals surface area contributed by atoms with Crippen LogP contribution < -0.4 is 10.5 Å². The molecule has 0 atom stereocenters. The van der Waals surface area contributed by atoms with E-state index in [0.717, 1.165) is 11.1 Å². The smallest absolute Gasteiger partial charge is 0.240 e. The minimum Gasteiger partial charge on any atom is -0.399 e. The second-order valence-corrected chi connectivity index (χ2v) is 6.52. The highest BCUT2D eigenvalue weighted by Gasteiger charge is 2.14. The molecule has 7 heteroatoms. The molecular weight excluding hydrogens is 276 g/mol. The van der Waals surface area contributed by atoms with E-state index in [1.54, 1.807) is 23.0 Å². The van der Waals surface area contributed by atoms with Crippen LogP contribution in [0.15, 0.2) is 35.5 Å². The Morgan fingerprint density at radius 3 is 2.70 bits per heavy atom. The highest BCUT2D eigenvalue weighted by molar-refractivity contribution is 7.89. The molecule has 20 heavy (non-hydrogen) atoms. The molecule has 0 fully saturated rings. The SMILES string of the molecule is Cc1cc(N)cc(S(=O)(=O)NCCc2cnn(C)c2)c1.